The molecule has 0 unspecified atom stereocenters. The second kappa shape index (κ2) is 6.37. The van der Waals surface area contributed by atoms with E-state index in [1.807, 2.05) is 0 Å². The SMILES string of the molecule is O=C(c1cccnn1)N1C[C@H]2C[C@H](c3ccccc3C(F)(F)F)C[C@H]2C1. The van der Waals surface area contributed by atoms with Gasteiger partial charge in [-0.15, -0.1) is 5.10 Å². The van der Waals surface area contributed by atoms with E-state index in [0.717, 1.165) is 6.07 Å². The summed E-state index contributed by atoms with van der Waals surface area (Å²) in [6, 6.07) is 9.16. The van der Waals surface area contributed by atoms with Crippen LogP contribution in [0.1, 0.15) is 40.4 Å². The predicted octanol–water partition coefficient (Wildman–Crippen LogP) is 3.76. The lowest BCUT2D eigenvalue weighted by atomic mass is 9.91. The zero-order valence-electron chi connectivity index (χ0n) is 14.0. The number of nitrogens with zero attached hydrogens (tertiary/aromatic N) is 3. The minimum absolute atomic E-state index is 0.100. The van der Waals surface area contributed by atoms with E-state index >= 15 is 0 Å². The van der Waals surface area contributed by atoms with Crippen molar-refractivity contribution in [1.82, 2.24) is 15.1 Å². The highest BCUT2D eigenvalue weighted by molar-refractivity contribution is 5.92. The predicted molar refractivity (Wildman–Crippen MR) is 88.3 cm³/mol. The Bertz CT molecular complexity index is 795. The van der Waals surface area contributed by atoms with Crippen molar-refractivity contribution >= 4 is 5.91 Å². The minimum Gasteiger partial charge on any atom is -0.337 e. The Morgan fingerprint density at radius 2 is 1.73 bits per heavy atom. The molecule has 0 spiro atoms. The first kappa shape index (κ1) is 17.0. The summed E-state index contributed by atoms with van der Waals surface area (Å²) in [7, 11) is 0. The number of halogens is 3. The molecule has 1 aromatic carbocycles. The molecule has 0 radical (unpaired) electrons. The summed E-state index contributed by atoms with van der Waals surface area (Å²) in [6.07, 6.45) is -1.45. The molecular formula is C19H18F3N3O. The molecular weight excluding hydrogens is 343 g/mol. The Morgan fingerprint density at radius 1 is 1.04 bits per heavy atom. The molecule has 4 rings (SSSR count). The van der Waals surface area contributed by atoms with E-state index in [1.165, 1.54) is 12.3 Å². The van der Waals surface area contributed by atoms with E-state index in [-0.39, 0.29) is 23.7 Å². The maximum absolute atomic E-state index is 13.3. The van der Waals surface area contributed by atoms with Crippen molar-refractivity contribution in [3.63, 3.8) is 0 Å². The highest BCUT2D eigenvalue weighted by Crippen LogP contribution is 2.48. The smallest absolute Gasteiger partial charge is 0.337 e. The van der Waals surface area contributed by atoms with Gasteiger partial charge in [-0.25, -0.2) is 0 Å². The number of hydrogen-bond acceptors (Lipinski definition) is 3. The first-order valence-corrected chi connectivity index (χ1v) is 8.66. The van der Waals surface area contributed by atoms with Crippen molar-refractivity contribution in [3.05, 3.63) is 59.4 Å². The molecule has 3 atom stereocenters. The van der Waals surface area contributed by atoms with Crippen LogP contribution in [-0.2, 0) is 6.18 Å². The van der Waals surface area contributed by atoms with Gasteiger partial charge in [0.05, 0.1) is 5.56 Å². The number of fused-ring (bicyclic) bond motifs is 1. The molecule has 7 heteroatoms. The number of rotatable bonds is 2. The number of aromatic nitrogens is 2. The van der Waals surface area contributed by atoms with E-state index in [4.69, 9.17) is 0 Å². The fourth-order valence-electron chi connectivity index (χ4n) is 4.41. The van der Waals surface area contributed by atoms with Gasteiger partial charge < -0.3 is 4.90 Å². The highest BCUT2D eigenvalue weighted by atomic mass is 19.4. The van der Waals surface area contributed by atoms with Crippen LogP contribution in [-0.4, -0.2) is 34.1 Å². The number of carbonyl (C=O) groups is 1. The Hall–Kier alpha value is -2.44. The molecule has 136 valence electrons. The molecule has 2 aromatic rings. The molecule has 2 aliphatic rings. The standard InChI is InChI=1S/C19H18F3N3O/c20-19(21,22)16-5-2-1-4-15(16)12-8-13-10-25(11-14(13)9-12)18(26)17-6-3-7-23-24-17/h1-7,12-14H,8-11H2/t12-,13+,14-. The van der Waals surface area contributed by atoms with Gasteiger partial charge in [-0.1, -0.05) is 18.2 Å². The number of amides is 1. The summed E-state index contributed by atoms with van der Waals surface area (Å²) >= 11 is 0. The summed E-state index contributed by atoms with van der Waals surface area (Å²) in [5.74, 6) is 0.222. The van der Waals surface area contributed by atoms with Gasteiger partial charge in [0.2, 0.25) is 0 Å². The van der Waals surface area contributed by atoms with Gasteiger partial charge in [0, 0.05) is 19.3 Å². The number of likely N-dealkylation sites (tertiary alicyclic amines) is 1. The molecule has 2 heterocycles. The van der Waals surface area contributed by atoms with E-state index in [9.17, 15) is 18.0 Å². The van der Waals surface area contributed by atoms with Crippen LogP contribution in [0.5, 0.6) is 0 Å². The van der Waals surface area contributed by atoms with Crippen LogP contribution in [0.4, 0.5) is 13.2 Å². The Balaban J connectivity index is 1.47. The van der Waals surface area contributed by atoms with Crippen molar-refractivity contribution in [2.45, 2.75) is 24.9 Å². The molecule has 1 aromatic heterocycles. The first-order chi connectivity index (χ1) is 12.4. The fourth-order valence-corrected chi connectivity index (χ4v) is 4.41. The maximum Gasteiger partial charge on any atom is 0.416 e. The Labute approximate surface area is 149 Å². The Morgan fingerprint density at radius 3 is 2.35 bits per heavy atom. The monoisotopic (exact) mass is 361 g/mol. The van der Waals surface area contributed by atoms with Gasteiger partial charge in [0.15, 0.2) is 5.69 Å². The normalized spacial score (nSPS) is 25.3. The van der Waals surface area contributed by atoms with Gasteiger partial charge in [0.1, 0.15) is 0 Å². The average molecular weight is 361 g/mol. The van der Waals surface area contributed by atoms with Gasteiger partial charge >= 0.3 is 6.18 Å². The molecule has 1 aliphatic heterocycles. The van der Waals surface area contributed by atoms with E-state index in [0.29, 0.717) is 37.2 Å². The summed E-state index contributed by atoms with van der Waals surface area (Å²) < 4.78 is 39.8. The van der Waals surface area contributed by atoms with E-state index in [2.05, 4.69) is 10.2 Å². The van der Waals surface area contributed by atoms with Crippen molar-refractivity contribution in [3.8, 4) is 0 Å². The van der Waals surface area contributed by atoms with Crippen LogP contribution in [0.15, 0.2) is 42.6 Å². The van der Waals surface area contributed by atoms with Crippen LogP contribution in [0, 0.1) is 11.8 Å². The number of carbonyl (C=O) groups excluding carboxylic acids is 1. The quantitative estimate of drug-likeness (QED) is 0.818. The largest absolute Gasteiger partial charge is 0.416 e. The van der Waals surface area contributed by atoms with Crippen LogP contribution >= 0.6 is 0 Å². The molecule has 0 bridgehead atoms. The van der Waals surface area contributed by atoms with Crippen molar-refractivity contribution < 1.29 is 18.0 Å². The maximum atomic E-state index is 13.3. The van der Waals surface area contributed by atoms with Gasteiger partial charge in [0.25, 0.3) is 5.91 Å². The second-order valence-corrected chi connectivity index (χ2v) is 7.09. The van der Waals surface area contributed by atoms with Crippen LogP contribution in [0.2, 0.25) is 0 Å². The summed E-state index contributed by atoms with van der Waals surface area (Å²) in [5, 5.41) is 7.58. The third kappa shape index (κ3) is 3.06. The summed E-state index contributed by atoms with van der Waals surface area (Å²) in [5.41, 5.74) is 0.171. The van der Waals surface area contributed by atoms with E-state index in [1.54, 1.807) is 29.2 Å². The van der Waals surface area contributed by atoms with E-state index < -0.39 is 11.7 Å². The zero-order valence-corrected chi connectivity index (χ0v) is 14.0. The molecule has 0 N–H and O–H groups in total. The van der Waals surface area contributed by atoms with Crippen LogP contribution in [0.25, 0.3) is 0 Å². The minimum atomic E-state index is -4.33. The van der Waals surface area contributed by atoms with Crippen molar-refractivity contribution in [2.24, 2.45) is 11.8 Å². The van der Waals surface area contributed by atoms with Crippen LogP contribution < -0.4 is 0 Å². The lowest BCUT2D eigenvalue weighted by Gasteiger charge is -2.21. The van der Waals surface area contributed by atoms with Crippen molar-refractivity contribution in [2.75, 3.05) is 13.1 Å². The molecule has 26 heavy (non-hydrogen) atoms. The number of benzene rings is 1. The molecule has 1 amide bonds. The molecule has 2 fully saturated rings. The van der Waals surface area contributed by atoms with Gasteiger partial charge in [-0.05, 0) is 54.4 Å². The third-order valence-electron chi connectivity index (χ3n) is 5.54. The average Bonchev–Trinajstić information content (AvgIpc) is 3.20. The zero-order chi connectivity index (χ0) is 18.3. The highest BCUT2D eigenvalue weighted by Gasteiger charge is 2.45. The van der Waals surface area contributed by atoms with Crippen LogP contribution in [0.3, 0.4) is 0 Å². The van der Waals surface area contributed by atoms with Gasteiger partial charge in [-0.3, -0.25) is 4.79 Å². The molecule has 1 aliphatic carbocycles. The number of alkyl halides is 3. The molecule has 1 saturated carbocycles. The lowest BCUT2D eigenvalue weighted by Crippen LogP contribution is -2.30. The van der Waals surface area contributed by atoms with Crippen molar-refractivity contribution in [1.29, 1.82) is 0 Å². The topological polar surface area (TPSA) is 46.1 Å². The second-order valence-electron chi connectivity index (χ2n) is 7.09. The molecule has 4 nitrogen and oxygen atoms in total. The van der Waals surface area contributed by atoms with Gasteiger partial charge in [-0.2, -0.15) is 18.3 Å². The fraction of sp³-hybridized carbons (Fsp3) is 0.421. The first-order valence-electron chi connectivity index (χ1n) is 8.66. The third-order valence-corrected chi connectivity index (χ3v) is 5.54. The summed E-state index contributed by atoms with van der Waals surface area (Å²) in [4.78, 5) is 14.2. The molecule has 1 saturated heterocycles. The lowest BCUT2D eigenvalue weighted by molar-refractivity contribution is -0.138. The summed E-state index contributed by atoms with van der Waals surface area (Å²) in [6.45, 7) is 1.15. The number of hydrogen-bond donors (Lipinski definition) is 0. The Kier molecular flexibility index (Phi) is 4.17.